The molecule has 0 saturated carbocycles. The lowest BCUT2D eigenvalue weighted by atomic mass is 10.7. The third-order valence-electron chi connectivity index (χ3n) is 3.80. The maximum Gasteiger partial charge on any atom is 0.0207 e. The summed E-state index contributed by atoms with van der Waals surface area (Å²) in [5.74, 6) is 0. The van der Waals surface area contributed by atoms with Gasteiger partial charge in [0.25, 0.3) is 0 Å². The summed E-state index contributed by atoms with van der Waals surface area (Å²) in [6.07, 6.45) is 0. The van der Waals surface area contributed by atoms with Gasteiger partial charge >= 0.3 is 0 Å². The number of nitrogens with one attached hydrogen (secondary N) is 1. The summed E-state index contributed by atoms with van der Waals surface area (Å²) in [5, 5.41) is 16.0. The Bertz CT molecular complexity index is 238. The van der Waals surface area contributed by atoms with Crippen LogP contribution in [0.15, 0.2) is 0 Å². The molecule has 9 nitrogen and oxygen atoms in total. The van der Waals surface area contributed by atoms with Crippen LogP contribution in [0.5, 0.6) is 0 Å². The number of rotatable bonds is 9. The molecule has 20 heavy (non-hydrogen) atoms. The molecule has 1 N–H and O–H groups in total. The molecule has 0 aliphatic carbocycles. The second-order valence-electron chi connectivity index (χ2n) is 4.66. The molecule has 0 unspecified atom stereocenters. The van der Waals surface area contributed by atoms with Crippen LogP contribution in [0.4, 0.5) is 0 Å². The highest BCUT2D eigenvalue weighted by Crippen LogP contribution is 2.06. The van der Waals surface area contributed by atoms with Crippen LogP contribution in [0.25, 0.3) is 0 Å². The molecule has 0 aliphatic heterocycles. The van der Waals surface area contributed by atoms with Crippen LogP contribution in [-0.2, 0) is 0 Å². The molecule has 0 amide bonds. The van der Waals surface area contributed by atoms with Crippen LogP contribution in [0.3, 0.4) is 0 Å². The lowest BCUT2D eigenvalue weighted by Crippen LogP contribution is -2.65. The first kappa shape index (κ1) is 19.6. The maximum atomic E-state index is 3.06. The molecule has 0 rings (SSSR count). The van der Waals surface area contributed by atoms with E-state index in [1.54, 1.807) is 0 Å². The Labute approximate surface area is 124 Å². The van der Waals surface area contributed by atoms with Gasteiger partial charge in [0.1, 0.15) is 0 Å². The van der Waals surface area contributed by atoms with Gasteiger partial charge in [-0.1, -0.05) is 6.92 Å². The Balaban J connectivity index is 4.71. The SMILES string of the molecule is CCN(C)N(C)N(C)N(C)N(C)N(C)N(C)N(C)NC. The van der Waals surface area contributed by atoms with Crippen molar-refractivity contribution in [2.45, 2.75) is 6.92 Å². The lowest BCUT2D eigenvalue weighted by molar-refractivity contribution is -0.386. The average molecular weight is 291 g/mol. The van der Waals surface area contributed by atoms with Crippen molar-refractivity contribution in [2.75, 3.05) is 70.0 Å². The second kappa shape index (κ2) is 8.82. The highest BCUT2D eigenvalue weighted by Gasteiger charge is 2.23. The van der Waals surface area contributed by atoms with E-state index in [9.17, 15) is 0 Å². The normalized spacial score (nSPS) is 13.5. The largest absolute Gasteiger partial charge is 0.244 e. The van der Waals surface area contributed by atoms with Crippen molar-refractivity contribution in [3.63, 3.8) is 0 Å². The fourth-order valence-corrected chi connectivity index (χ4v) is 1.51. The molecule has 0 fully saturated rings. The molecule has 0 bridgehead atoms. The minimum atomic E-state index is 0.941. The molecule has 0 spiro atoms. The molecule has 0 heterocycles. The van der Waals surface area contributed by atoms with Crippen molar-refractivity contribution in [2.24, 2.45) is 0 Å². The van der Waals surface area contributed by atoms with E-state index in [1.807, 2.05) is 92.2 Å². The summed E-state index contributed by atoms with van der Waals surface area (Å²) >= 11 is 0. The third-order valence-corrected chi connectivity index (χ3v) is 3.80. The van der Waals surface area contributed by atoms with Gasteiger partial charge in [-0.05, 0) is 0 Å². The maximum absolute atomic E-state index is 3.06. The Morgan fingerprint density at radius 2 is 0.950 bits per heavy atom. The summed E-state index contributed by atoms with van der Waals surface area (Å²) in [6.45, 7) is 3.06. The van der Waals surface area contributed by atoms with E-state index in [-0.39, 0.29) is 0 Å². The van der Waals surface area contributed by atoms with Crippen molar-refractivity contribution in [1.29, 1.82) is 0 Å². The minimum Gasteiger partial charge on any atom is -0.244 e. The van der Waals surface area contributed by atoms with Crippen molar-refractivity contribution in [3.8, 4) is 0 Å². The Morgan fingerprint density at radius 1 is 0.600 bits per heavy atom. The van der Waals surface area contributed by atoms with Gasteiger partial charge in [0.2, 0.25) is 0 Å². The molecule has 0 aromatic carbocycles. The van der Waals surface area contributed by atoms with Crippen LogP contribution in [0.2, 0.25) is 0 Å². The highest BCUT2D eigenvalue weighted by atomic mass is 16.2. The van der Waals surface area contributed by atoms with Gasteiger partial charge in [-0.2, -0.15) is 10.2 Å². The topological polar surface area (TPSA) is 38.0 Å². The van der Waals surface area contributed by atoms with Crippen LogP contribution in [0, 0.1) is 0 Å². The molecule has 0 aromatic rings. The van der Waals surface area contributed by atoms with E-state index in [0.717, 1.165) is 6.54 Å². The zero-order chi connectivity index (χ0) is 16.0. The summed E-state index contributed by atoms with van der Waals surface area (Å²) in [7, 11) is 17.9. The summed E-state index contributed by atoms with van der Waals surface area (Å²) < 4.78 is 0. The van der Waals surface area contributed by atoms with Gasteiger partial charge < -0.3 is 0 Å². The lowest BCUT2D eigenvalue weighted by Gasteiger charge is -2.47. The molecule has 0 saturated heterocycles. The number of hydrogen-bond acceptors (Lipinski definition) is 9. The summed E-state index contributed by atoms with van der Waals surface area (Å²) in [6, 6.07) is 0. The molecule has 9 heteroatoms. The van der Waals surface area contributed by atoms with E-state index in [2.05, 4.69) is 24.4 Å². The van der Waals surface area contributed by atoms with E-state index in [0.29, 0.717) is 0 Å². The first-order valence-corrected chi connectivity index (χ1v) is 6.72. The van der Waals surface area contributed by atoms with Crippen molar-refractivity contribution in [3.05, 3.63) is 0 Å². The predicted molar refractivity (Wildman–Crippen MR) is 81.7 cm³/mol. The van der Waals surface area contributed by atoms with Gasteiger partial charge in [-0.3, -0.25) is 0 Å². The minimum absolute atomic E-state index is 0.941. The van der Waals surface area contributed by atoms with Crippen molar-refractivity contribution >= 4 is 0 Å². The number of hydrogen-bond donors (Lipinski definition) is 1. The predicted octanol–water partition coefficient (Wildman–Crippen LogP) is -1.000. The van der Waals surface area contributed by atoms with Crippen molar-refractivity contribution < 1.29 is 0 Å². The number of hydrazine groups is 8. The monoisotopic (exact) mass is 291 g/mol. The molecule has 122 valence electrons. The third kappa shape index (κ3) is 4.88. The molecule has 0 aromatic heterocycles. The molecule has 0 aliphatic rings. The smallest absolute Gasteiger partial charge is 0.0207 e. The van der Waals surface area contributed by atoms with Gasteiger partial charge in [0.05, 0.1) is 0 Å². The van der Waals surface area contributed by atoms with E-state index >= 15 is 0 Å². The Hall–Kier alpha value is -0.360. The van der Waals surface area contributed by atoms with E-state index in [4.69, 9.17) is 0 Å². The van der Waals surface area contributed by atoms with Crippen LogP contribution < -0.4 is 5.43 Å². The summed E-state index contributed by atoms with van der Waals surface area (Å²) in [4.78, 5) is 0. The second-order valence-corrected chi connectivity index (χ2v) is 4.66. The standard InChI is InChI=1S/C11H33N9/c1-11-13(3)15(5)17(7)19(9)20(10)18(8)16(6)14(4)12-2/h12H,11H2,1-10H3. The van der Waals surface area contributed by atoms with Gasteiger partial charge in [0, 0.05) is 70.0 Å². The zero-order valence-corrected chi connectivity index (χ0v) is 14.8. The molecule has 0 atom stereocenters. The van der Waals surface area contributed by atoms with E-state index in [1.165, 1.54) is 0 Å². The highest BCUT2D eigenvalue weighted by molar-refractivity contribution is 4.42. The fourth-order valence-electron chi connectivity index (χ4n) is 1.51. The first-order valence-electron chi connectivity index (χ1n) is 6.72. The van der Waals surface area contributed by atoms with Gasteiger partial charge in [-0.25, -0.2) is 10.4 Å². The quantitative estimate of drug-likeness (QED) is 0.538. The zero-order valence-electron chi connectivity index (χ0n) is 14.8. The Morgan fingerprint density at radius 3 is 1.30 bits per heavy atom. The van der Waals surface area contributed by atoms with Crippen LogP contribution in [0.1, 0.15) is 6.92 Å². The number of nitrogens with zero attached hydrogens (tertiary/aromatic N) is 8. The van der Waals surface area contributed by atoms with Gasteiger partial charge in [0.15, 0.2) is 0 Å². The summed E-state index contributed by atoms with van der Waals surface area (Å²) in [5.41, 5.74) is 3.06. The molecular formula is C11H33N9. The molecular weight excluding hydrogens is 258 g/mol. The average Bonchev–Trinajstić information content (AvgIpc) is 2.48. The van der Waals surface area contributed by atoms with Crippen LogP contribution >= 0.6 is 0 Å². The fraction of sp³-hybridized carbons (Fsp3) is 1.00. The van der Waals surface area contributed by atoms with Crippen molar-refractivity contribution in [1.82, 2.24) is 46.3 Å². The van der Waals surface area contributed by atoms with E-state index < -0.39 is 0 Å². The first-order chi connectivity index (χ1) is 9.18. The van der Waals surface area contributed by atoms with Gasteiger partial charge in [-0.15, -0.1) is 25.6 Å². The van der Waals surface area contributed by atoms with Crippen LogP contribution in [-0.4, -0.2) is 111 Å². The Kier molecular flexibility index (Phi) is 8.66. The molecule has 0 radical (unpaired) electrons.